The summed E-state index contributed by atoms with van der Waals surface area (Å²) in [4.78, 5) is 7.88. The van der Waals surface area contributed by atoms with Gasteiger partial charge in [0, 0.05) is 60.1 Å². The zero-order valence-corrected chi connectivity index (χ0v) is 55.9. The van der Waals surface area contributed by atoms with Crippen molar-refractivity contribution in [3.05, 3.63) is 314 Å². The van der Waals surface area contributed by atoms with Crippen molar-refractivity contribution in [3.8, 4) is 22.3 Å². The van der Waals surface area contributed by atoms with Crippen molar-refractivity contribution in [2.75, 3.05) is 14.7 Å². The quantitative estimate of drug-likeness (QED) is 0.0944. The van der Waals surface area contributed by atoms with Gasteiger partial charge in [0.15, 0.2) is 8.07 Å². The molecule has 0 radical (unpaired) electrons. The number of fused-ring (bicyclic) bond motifs is 6. The lowest BCUT2D eigenvalue weighted by Gasteiger charge is -2.45. The zero-order valence-electron chi connectivity index (χ0n) is 54.1. The van der Waals surface area contributed by atoms with E-state index in [0.717, 1.165) is 50.8 Å². The van der Waals surface area contributed by atoms with Crippen molar-refractivity contribution in [3.63, 3.8) is 0 Å². The summed E-state index contributed by atoms with van der Waals surface area (Å²) in [6.45, 7) is 20.8. The van der Waals surface area contributed by atoms with Gasteiger partial charge in [-0.3, -0.25) is 0 Å². The second-order valence-electron chi connectivity index (χ2n) is 28.1. The monoisotopic (exact) mass is 1220 g/mol. The van der Waals surface area contributed by atoms with E-state index in [9.17, 15) is 0 Å². The molecule has 3 heterocycles. The number of rotatable bonds is 11. The number of para-hydroxylation sites is 2. The highest BCUT2D eigenvalue weighted by molar-refractivity contribution is 7.33. The molecule has 0 saturated carbocycles. The summed E-state index contributed by atoms with van der Waals surface area (Å²) in [5, 5.41) is 6.57. The van der Waals surface area contributed by atoms with Crippen molar-refractivity contribution in [1.82, 2.24) is 0 Å². The fourth-order valence-corrected chi connectivity index (χ4v) is 20.7. The first-order valence-electron chi connectivity index (χ1n) is 32.5. The summed E-state index contributed by atoms with van der Waals surface area (Å²) in [6.07, 6.45) is 0. The summed E-state index contributed by atoms with van der Waals surface area (Å²) in [6, 6.07) is 113. The minimum Gasteiger partial charge on any atom is -0.311 e. The first kappa shape index (κ1) is 58.6. The maximum absolute atomic E-state index is 3.26. The molecular formula is C86H76BN3SSi. The molecule has 92 heavy (non-hydrogen) atoms. The number of anilines is 9. The molecular weight excluding hydrogens is 1150 g/mol. The summed E-state index contributed by atoms with van der Waals surface area (Å²) < 4.78 is 2.63. The Morgan fingerprint density at radius 2 is 0.815 bits per heavy atom. The number of hydrogen-bond acceptors (Lipinski definition) is 4. The van der Waals surface area contributed by atoms with Gasteiger partial charge in [0.1, 0.15) is 0 Å². The molecule has 0 fully saturated rings. The third-order valence-corrected chi connectivity index (χ3v) is 25.2. The van der Waals surface area contributed by atoms with Crippen LogP contribution in [0.1, 0.15) is 79.0 Å². The van der Waals surface area contributed by atoms with Crippen LogP contribution in [-0.4, -0.2) is 14.8 Å². The molecule has 2 aliphatic heterocycles. The predicted molar refractivity (Wildman–Crippen MR) is 401 cm³/mol. The fourth-order valence-electron chi connectivity index (χ4n) is 14.6. The van der Waals surface area contributed by atoms with Crippen LogP contribution in [0.3, 0.4) is 0 Å². The van der Waals surface area contributed by atoms with Gasteiger partial charge in [0.05, 0.1) is 17.1 Å². The topological polar surface area (TPSA) is 9.72 Å². The second-order valence-corrected chi connectivity index (χ2v) is 33.0. The normalized spacial score (nSPS) is 13.0. The number of thiophene rings is 1. The van der Waals surface area contributed by atoms with Crippen molar-refractivity contribution in [1.29, 1.82) is 0 Å². The fraction of sp³-hybridized carbons (Fsp3) is 0.140. The maximum Gasteiger partial charge on any atom is 0.264 e. The van der Waals surface area contributed by atoms with E-state index < -0.39 is 8.07 Å². The van der Waals surface area contributed by atoms with Crippen LogP contribution >= 0.6 is 11.3 Å². The molecule has 3 nitrogen and oxygen atoms in total. The average Bonchev–Trinajstić information content (AvgIpc) is 1.16. The average molecular weight is 1220 g/mol. The Labute approximate surface area is 549 Å². The van der Waals surface area contributed by atoms with Gasteiger partial charge in [-0.25, -0.2) is 0 Å². The van der Waals surface area contributed by atoms with Gasteiger partial charge in [-0.05, 0) is 149 Å². The smallest absolute Gasteiger partial charge is 0.264 e. The van der Waals surface area contributed by atoms with E-state index in [1.165, 1.54) is 85.9 Å². The van der Waals surface area contributed by atoms with Crippen molar-refractivity contribution in [2.24, 2.45) is 0 Å². The zero-order chi connectivity index (χ0) is 63.1. The molecule has 13 aromatic rings. The second kappa shape index (κ2) is 22.9. The molecule has 0 unspecified atom stereocenters. The molecule has 0 amide bonds. The minimum absolute atomic E-state index is 0.0257. The molecule has 0 aliphatic carbocycles. The Balaban J connectivity index is 1.12. The van der Waals surface area contributed by atoms with E-state index in [-0.39, 0.29) is 23.0 Å². The highest BCUT2D eigenvalue weighted by atomic mass is 32.1. The van der Waals surface area contributed by atoms with Gasteiger partial charge < -0.3 is 14.7 Å². The van der Waals surface area contributed by atoms with E-state index in [2.05, 4.69) is 374 Å². The first-order valence-corrected chi connectivity index (χ1v) is 35.3. The lowest BCUT2D eigenvalue weighted by Crippen LogP contribution is -2.75. The standard InChI is InChI=1S/C86H76BN3SSi/c1-84(2,3)61-43-48-64(49-44-61)88(75-41-27-25-39-71(75)59-29-15-10-16-30-59)66-52-53-74-77(56-66)90(76-42-28-26-40-72(76)60-31-17-11-18-32-60)79-58-70(92(67-33-19-12-20-34-67,68-35-21-13-22-36-68)69-37-23-14-24-38-69)57-78-81(79)87(74)83-82(73-55-63(86(7,8)9)47-54-80(73)91-83)89(78)65-50-45-62(46-51-65)85(4,5)6/h10-58H,1-9H3. The van der Waals surface area contributed by atoms with Gasteiger partial charge in [0.2, 0.25) is 0 Å². The van der Waals surface area contributed by atoms with Crippen LogP contribution in [0.25, 0.3) is 32.3 Å². The molecule has 0 N–H and O–H groups in total. The summed E-state index contributed by atoms with van der Waals surface area (Å²) >= 11 is 1.97. The van der Waals surface area contributed by atoms with Crippen molar-refractivity contribution < 1.29 is 0 Å². The summed E-state index contributed by atoms with van der Waals surface area (Å²) in [5.74, 6) is 0. The molecule has 1 aromatic heterocycles. The van der Waals surface area contributed by atoms with Crippen LogP contribution in [0.15, 0.2) is 297 Å². The molecule has 2 aliphatic rings. The molecule has 0 bridgehead atoms. The molecule has 0 atom stereocenters. The van der Waals surface area contributed by atoms with E-state index in [0.29, 0.717) is 0 Å². The molecule has 448 valence electrons. The minimum atomic E-state index is -3.26. The van der Waals surface area contributed by atoms with Gasteiger partial charge in [-0.15, -0.1) is 11.3 Å². The first-order chi connectivity index (χ1) is 44.6. The molecule has 15 rings (SSSR count). The van der Waals surface area contributed by atoms with Gasteiger partial charge in [-0.1, -0.05) is 287 Å². The third-order valence-electron chi connectivity index (χ3n) is 19.3. The summed E-state index contributed by atoms with van der Waals surface area (Å²) in [5.41, 5.74) is 21.3. The van der Waals surface area contributed by atoms with E-state index in [4.69, 9.17) is 0 Å². The molecule has 0 saturated heterocycles. The molecule has 12 aromatic carbocycles. The lowest BCUT2D eigenvalue weighted by molar-refractivity contribution is 0.590. The van der Waals surface area contributed by atoms with Crippen LogP contribution in [0.5, 0.6) is 0 Å². The Morgan fingerprint density at radius 3 is 1.37 bits per heavy atom. The van der Waals surface area contributed by atoms with Crippen LogP contribution in [0.2, 0.25) is 0 Å². The largest absolute Gasteiger partial charge is 0.311 e. The molecule has 6 heteroatoms. The number of hydrogen-bond donors (Lipinski definition) is 0. The number of benzene rings is 12. The van der Waals surface area contributed by atoms with E-state index in [1.807, 2.05) is 11.3 Å². The maximum atomic E-state index is 2.69. The van der Waals surface area contributed by atoms with Crippen LogP contribution in [-0.2, 0) is 16.2 Å². The van der Waals surface area contributed by atoms with Crippen molar-refractivity contribution >= 4 is 124 Å². The summed E-state index contributed by atoms with van der Waals surface area (Å²) in [7, 11) is -3.26. The molecule has 0 spiro atoms. The van der Waals surface area contributed by atoms with Crippen LogP contribution in [0, 0.1) is 0 Å². The van der Waals surface area contributed by atoms with Gasteiger partial charge in [0.25, 0.3) is 6.71 Å². The van der Waals surface area contributed by atoms with E-state index >= 15 is 0 Å². The Morgan fingerprint density at radius 1 is 0.359 bits per heavy atom. The third kappa shape index (κ3) is 10.0. The van der Waals surface area contributed by atoms with Crippen LogP contribution in [0.4, 0.5) is 51.2 Å². The highest BCUT2D eigenvalue weighted by Crippen LogP contribution is 2.52. The Kier molecular flexibility index (Phi) is 14.6. The van der Waals surface area contributed by atoms with E-state index in [1.54, 1.807) is 0 Å². The van der Waals surface area contributed by atoms with Crippen molar-refractivity contribution in [2.45, 2.75) is 78.6 Å². The number of nitrogens with zero attached hydrogens (tertiary/aromatic N) is 3. The lowest BCUT2D eigenvalue weighted by atomic mass is 9.36. The Bertz CT molecular complexity index is 4760. The van der Waals surface area contributed by atoms with Crippen LogP contribution < -0.4 is 51.1 Å². The SMILES string of the molecule is CC(C)(C)c1ccc(N(c2ccc3c(c2)N(c2ccccc2-c2ccccc2)c2cc([Si](c4ccccc4)(c4ccccc4)c4ccccc4)cc4c2B3c2sc3ccc(C(C)(C)C)cc3c2N4c2ccc(C(C)(C)C)cc2)c2ccccc2-c2ccccc2)cc1. The van der Waals surface area contributed by atoms with Gasteiger partial charge in [-0.2, -0.15) is 0 Å². The van der Waals surface area contributed by atoms with Gasteiger partial charge >= 0.3 is 0 Å². The Hall–Kier alpha value is -9.72. The highest BCUT2D eigenvalue weighted by Gasteiger charge is 2.49. The predicted octanol–water partition coefficient (Wildman–Crippen LogP) is 19.1.